The van der Waals surface area contributed by atoms with Gasteiger partial charge in [0.05, 0.1) is 0 Å². The van der Waals surface area contributed by atoms with Gasteiger partial charge in [-0.1, -0.05) is 42.5 Å². The van der Waals surface area contributed by atoms with Crippen LogP contribution in [-0.4, -0.2) is 22.4 Å². The number of benzene rings is 2. The molecule has 0 saturated carbocycles. The molecule has 0 aliphatic carbocycles. The summed E-state index contributed by atoms with van der Waals surface area (Å²) in [5.74, 6) is 0.372. The number of fused-ring (bicyclic) bond motifs is 1. The van der Waals surface area contributed by atoms with Crippen molar-refractivity contribution < 1.29 is 4.79 Å². The Bertz CT molecular complexity index is 954. The summed E-state index contributed by atoms with van der Waals surface area (Å²) in [6.07, 6.45) is 2.61. The Morgan fingerprint density at radius 2 is 1.81 bits per heavy atom. The van der Waals surface area contributed by atoms with Crippen LogP contribution in [0.4, 0.5) is 11.6 Å². The van der Waals surface area contributed by atoms with Crippen molar-refractivity contribution in [2.75, 3.05) is 16.8 Å². The van der Waals surface area contributed by atoms with E-state index in [9.17, 15) is 4.79 Å². The minimum absolute atomic E-state index is 0.222. The van der Waals surface area contributed by atoms with Crippen LogP contribution < -0.4 is 10.2 Å². The number of para-hydroxylation sites is 1. The van der Waals surface area contributed by atoms with Gasteiger partial charge in [0.1, 0.15) is 5.69 Å². The highest BCUT2D eigenvalue weighted by molar-refractivity contribution is 6.03. The fourth-order valence-corrected chi connectivity index (χ4v) is 3.19. The number of nitrogens with one attached hydrogen (secondary N) is 1. The Hall–Kier alpha value is -3.21. The van der Waals surface area contributed by atoms with Crippen molar-refractivity contribution in [1.82, 2.24) is 9.97 Å². The van der Waals surface area contributed by atoms with Gasteiger partial charge in [0.15, 0.2) is 0 Å². The monoisotopic (exact) mass is 344 g/mol. The lowest BCUT2D eigenvalue weighted by Crippen LogP contribution is -2.32. The molecule has 130 valence electrons. The fraction of sp³-hybridized carbons (Fsp3) is 0.190. The van der Waals surface area contributed by atoms with Crippen molar-refractivity contribution in [1.29, 1.82) is 0 Å². The van der Waals surface area contributed by atoms with E-state index in [1.54, 1.807) is 12.3 Å². The first-order valence-electron chi connectivity index (χ1n) is 8.72. The summed E-state index contributed by atoms with van der Waals surface area (Å²) < 4.78 is 0. The van der Waals surface area contributed by atoms with Crippen LogP contribution in [0.5, 0.6) is 0 Å². The summed E-state index contributed by atoms with van der Waals surface area (Å²) in [5, 5.41) is 2.92. The molecule has 0 bridgehead atoms. The Morgan fingerprint density at radius 1 is 1.04 bits per heavy atom. The minimum atomic E-state index is -0.222. The van der Waals surface area contributed by atoms with Gasteiger partial charge in [-0.3, -0.25) is 4.79 Å². The van der Waals surface area contributed by atoms with E-state index in [-0.39, 0.29) is 5.91 Å². The van der Waals surface area contributed by atoms with Gasteiger partial charge >= 0.3 is 0 Å². The van der Waals surface area contributed by atoms with Gasteiger partial charge in [-0.05, 0) is 42.2 Å². The molecule has 4 rings (SSSR count). The van der Waals surface area contributed by atoms with E-state index in [2.05, 4.69) is 44.5 Å². The average molecular weight is 344 g/mol. The molecule has 1 amide bonds. The summed E-state index contributed by atoms with van der Waals surface area (Å²) in [6.45, 7) is 3.57. The SMILES string of the molecule is Cc1ccccc1NC(=O)c1ccnc(N2CCc3ccccc3C2)n1. The number of carbonyl (C=O) groups is 1. The quantitative estimate of drug-likeness (QED) is 0.789. The molecule has 0 atom stereocenters. The maximum atomic E-state index is 12.6. The Kier molecular flexibility index (Phi) is 4.35. The summed E-state index contributed by atoms with van der Waals surface area (Å²) in [5.41, 5.74) is 4.85. The van der Waals surface area contributed by atoms with Crippen LogP contribution in [0.1, 0.15) is 27.2 Å². The first-order valence-corrected chi connectivity index (χ1v) is 8.72. The van der Waals surface area contributed by atoms with Crippen LogP contribution in [0.3, 0.4) is 0 Å². The van der Waals surface area contributed by atoms with Crippen LogP contribution in [-0.2, 0) is 13.0 Å². The molecule has 1 N–H and O–H groups in total. The molecule has 1 aliphatic heterocycles. The van der Waals surface area contributed by atoms with Crippen LogP contribution in [0.25, 0.3) is 0 Å². The maximum absolute atomic E-state index is 12.6. The van der Waals surface area contributed by atoms with E-state index >= 15 is 0 Å². The maximum Gasteiger partial charge on any atom is 0.274 e. The minimum Gasteiger partial charge on any atom is -0.336 e. The molecule has 2 heterocycles. The second kappa shape index (κ2) is 6.96. The molecule has 0 spiro atoms. The molecule has 3 aromatic rings. The highest BCUT2D eigenvalue weighted by Gasteiger charge is 2.19. The highest BCUT2D eigenvalue weighted by Crippen LogP contribution is 2.22. The van der Waals surface area contributed by atoms with E-state index in [1.807, 2.05) is 31.2 Å². The topological polar surface area (TPSA) is 58.1 Å². The van der Waals surface area contributed by atoms with Crippen molar-refractivity contribution in [3.05, 3.63) is 83.2 Å². The average Bonchev–Trinajstić information content (AvgIpc) is 2.69. The zero-order valence-corrected chi connectivity index (χ0v) is 14.6. The molecule has 26 heavy (non-hydrogen) atoms. The zero-order valence-electron chi connectivity index (χ0n) is 14.6. The van der Waals surface area contributed by atoms with Crippen molar-refractivity contribution >= 4 is 17.5 Å². The van der Waals surface area contributed by atoms with Crippen LogP contribution in [0.15, 0.2) is 60.8 Å². The second-order valence-corrected chi connectivity index (χ2v) is 6.45. The predicted molar refractivity (Wildman–Crippen MR) is 102 cm³/mol. The summed E-state index contributed by atoms with van der Waals surface area (Å²) >= 11 is 0. The Labute approximate surface area is 152 Å². The molecular formula is C21H20N4O. The highest BCUT2D eigenvalue weighted by atomic mass is 16.1. The lowest BCUT2D eigenvalue weighted by molar-refractivity contribution is 0.102. The molecule has 0 unspecified atom stereocenters. The molecule has 0 saturated heterocycles. The summed E-state index contributed by atoms with van der Waals surface area (Å²) in [4.78, 5) is 23.6. The van der Waals surface area contributed by atoms with E-state index in [1.165, 1.54) is 11.1 Å². The second-order valence-electron chi connectivity index (χ2n) is 6.45. The van der Waals surface area contributed by atoms with E-state index in [4.69, 9.17) is 0 Å². The van der Waals surface area contributed by atoms with Gasteiger partial charge in [-0.15, -0.1) is 0 Å². The standard InChI is InChI=1S/C21H20N4O/c1-15-6-2-5-9-18(15)23-20(26)19-10-12-22-21(24-19)25-13-11-16-7-3-4-8-17(16)14-25/h2-10,12H,11,13-14H2,1H3,(H,23,26). The van der Waals surface area contributed by atoms with Crippen LogP contribution in [0.2, 0.25) is 0 Å². The Morgan fingerprint density at radius 3 is 2.65 bits per heavy atom. The number of aryl methyl sites for hydroxylation is 1. The number of nitrogens with zero attached hydrogens (tertiary/aromatic N) is 3. The van der Waals surface area contributed by atoms with Crippen LogP contribution >= 0.6 is 0 Å². The van der Waals surface area contributed by atoms with E-state index in [0.717, 1.165) is 30.8 Å². The van der Waals surface area contributed by atoms with Crippen LogP contribution in [0, 0.1) is 6.92 Å². The summed E-state index contributed by atoms with van der Waals surface area (Å²) in [6, 6.07) is 17.8. The van der Waals surface area contributed by atoms with Gasteiger partial charge in [-0.2, -0.15) is 0 Å². The number of amides is 1. The largest absolute Gasteiger partial charge is 0.336 e. The van der Waals surface area contributed by atoms with Crippen molar-refractivity contribution in [3.63, 3.8) is 0 Å². The first-order chi connectivity index (χ1) is 12.7. The number of hydrogen-bond donors (Lipinski definition) is 1. The zero-order chi connectivity index (χ0) is 17.9. The molecule has 0 fully saturated rings. The third-order valence-corrected chi connectivity index (χ3v) is 4.68. The molecule has 5 nitrogen and oxygen atoms in total. The molecule has 1 aliphatic rings. The van der Waals surface area contributed by atoms with Gasteiger partial charge in [0, 0.05) is 25.0 Å². The number of hydrogen-bond acceptors (Lipinski definition) is 4. The third kappa shape index (κ3) is 3.28. The van der Waals surface area contributed by atoms with Gasteiger partial charge in [-0.25, -0.2) is 9.97 Å². The number of aromatic nitrogens is 2. The molecule has 1 aromatic heterocycles. The van der Waals surface area contributed by atoms with Gasteiger partial charge < -0.3 is 10.2 Å². The van der Waals surface area contributed by atoms with E-state index < -0.39 is 0 Å². The smallest absolute Gasteiger partial charge is 0.274 e. The van der Waals surface area contributed by atoms with Gasteiger partial charge in [0.25, 0.3) is 5.91 Å². The van der Waals surface area contributed by atoms with Crippen molar-refractivity contribution in [2.24, 2.45) is 0 Å². The lowest BCUT2D eigenvalue weighted by atomic mass is 10.0. The molecule has 2 aromatic carbocycles. The molecular weight excluding hydrogens is 324 g/mol. The summed E-state index contributed by atoms with van der Waals surface area (Å²) in [7, 11) is 0. The third-order valence-electron chi connectivity index (χ3n) is 4.68. The molecule has 5 heteroatoms. The van der Waals surface area contributed by atoms with Crippen molar-refractivity contribution in [2.45, 2.75) is 19.9 Å². The fourth-order valence-electron chi connectivity index (χ4n) is 3.19. The van der Waals surface area contributed by atoms with Crippen molar-refractivity contribution in [3.8, 4) is 0 Å². The Balaban J connectivity index is 1.54. The van der Waals surface area contributed by atoms with Gasteiger partial charge in [0.2, 0.25) is 5.95 Å². The number of anilines is 2. The number of rotatable bonds is 3. The molecule has 0 radical (unpaired) electrons. The lowest BCUT2D eigenvalue weighted by Gasteiger charge is -2.28. The predicted octanol–water partition coefficient (Wildman–Crippen LogP) is 3.60. The van der Waals surface area contributed by atoms with E-state index in [0.29, 0.717) is 11.6 Å². The normalized spacial score (nSPS) is 13.2. The number of carbonyl (C=O) groups excluding carboxylic acids is 1. The first kappa shape index (κ1) is 16.3.